The van der Waals surface area contributed by atoms with Gasteiger partial charge >= 0.3 is 0 Å². The number of thiocarbonyl (C=S) groups is 1. The zero-order valence-corrected chi connectivity index (χ0v) is 19.6. The summed E-state index contributed by atoms with van der Waals surface area (Å²) in [6.07, 6.45) is 0.579. The molecule has 1 aliphatic rings. The molecule has 0 radical (unpaired) electrons. The highest BCUT2D eigenvalue weighted by Gasteiger charge is 2.20. The van der Waals surface area contributed by atoms with Gasteiger partial charge in [-0.2, -0.15) is 0 Å². The summed E-state index contributed by atoms with van der Waals surface area (Å²) in [5, 5.41) is 5.97. The van der Waals surface area contributed by atoms with Gasteiger partial charge in [-0.1, -0.05) is 13.0 Å². The lowest BCUT2D eigenvalue weighted by Crippen LogP contribution is -2.48. The minimum atomic E-state index is -0.298. The number of carbonyl (C=O) groups is 2. The summed E-state index contributed by atoms with van der Waals surface area (Å²) in [4.78, 5) is 28.5. The monoisotopic (exact) mass is 454 g/mol. The highest BCUT2D eigenvalue weighted by atomic mass is 32.1. The largest absolute Gasteiger partial charge is 0.491 e. The van der Waals surface area contributed by atoms with Crippen molar-refractivity contribution < 1.29 is 14.3 Å². The van der Waals surface area contributed by atoms with Crippen molar-refractivity contribution in [3.63, 3.8) is 0 Å². The summed E-state index contributed by atoms with van der Waals surface area (Å²) in [7, 11) is 0. The van der Waals surface area contributed by atoms with Crippen molar-refractivity contribution in [2.24, 2.45) is 0 Å². The number of hydrogen-bond donors (Lipinski definition) is 2. The van der Waals surface area contributed by atoms with Crippen molar-refractivity contribution in [3.05, 3.63) is 54.1 Å². The van der Waals surface area contributed by atoms with Crippen LogP contribution in [0.3, 0.4) is 0 Å². The number of piperazine rings is 1. The van der Waals surface area contributed by atoms with E-state index in [1.807, 2.05) is 56.0 Å². The molecule has 3 rings (SSSR count). The molecule has 0 atom stereocenters. The standard InChI is InChI=1S/C24H30N4O3S/c1-4-22(29)28-14-12-27(13-15-28)20-10-8-19(9-11-20)25-24(32)26-23(30)18-6-5-7-21(16-18)31-17(2)3/h5-11,16-17H,4,12-15H2,1-3H3,(H2,25,26,30,32). The summed E-state index contributed by atoms with van der Waals surface area (Å²) in [6.45, 7) is 8.87. The fourth-order valence-electron chi connectivity index (χ4n) is 3.51. The first-order chi connectivity index (χ1) is 15.4. The van der Waals surface area contributed by atoms with E-state index < -0.39 is 0 Å². The Morgan fingerprint density at radius 3 is 2.38 bits per heavy atom. The molecule has 0 aromatic heterocycles. The Kier molecular flexibility index (Phi) is 8.05. The maximum Gasteiger partial charge on any atom is 0.257 e. The molecular weight excluding hydrogens is 424 g/mol. The molecule has 170 valence electrons. The number of amides is 2. The van der Waals surface area contributed by atoms with Gasteiger partial charge in [-0.25, -0.2) is 0 Å². The number of ether oxygens (including phenoxy) is 1. The first kappa shape index (κ1) is 23.5. The Labute approximate surface area is 194 Å². The number of carbonyl (C=O) groups excluding carboxylic acids is 2. The van der Waals surface area contributed by atoms with Crippen LogP contribution >= 0.6 is 12.2 Å². The predicted molar refractivity (Wildman–Crippen MR) is 131 cm³/mol. The molecule has 0 bridgehead atoms. The van der Waals surface area contributed by atoms with Gasteiger partial charge in [0.25, 0.3) is 5.91 Å². The lowest BCUT2D eigenvalue weighted by Gasteiger charge is -2.36. The molecule has 0 saturated carbocycles. The van der Waals surface area contributed by atoms with Gasteiger partial charge in [-0.05, 0) is 68.5 Å². The Balaban J connectivity index is 1.52. The van der Waals surface area contributed by atoms with Gasteiger partial charge < -0.3 is 19.9 Å². The summed E-state index contributed by atoms with van der Waals surface area (Å²) in [5.74, 6) is 0.550. The van der Waals surface area contributed by atoms with Crippen LogP contribution in [0.2, 0.25) is 0 Å². The van der Waals surface area contributed by atoms with Crippen molar-refractivity contribution in [3.8, 4) is 5.75 Å². The van der Waals surface area contributed by atoms with Crippen molar-refractivity contribution in [2.75, 3.05) is 36.4 Å². The van der Waals surface area contributed by atoms with Crippen molar-refractivity contribution in [1.82, 2.24) is 10.2 Å². The van der Waals surface area contributed by atoms with Crippen molar-refractivity contribution in [1.29, 1.82) is 0 Å². The second-order valence-corrected chi connectivity index (χ2v) is 8.28. The Morgan fingerprint density at radius 1 is 1.06 bits per heavy atom. The number of rotatable bonds is 6. The summed E-state index contributed by atoms with van der Waals surface area (Å²) in [5.41, 5.74) is 2.36. The highest BCUT2D eigenvalue weighted by Crippen LogP contribution is 2.20. The molecule has 2 N–H and O–H groups in total. The fraction of sp³-hybridized carbons (Fsp3) is 0.375. The topological polar surface area (TPSA) is 73.9 Å². The molecule has 2 aromatic carbocycles. The number of anilines is 2. The molecule has 7 nitrogen and oxygen atoms in total. The van der Waals surface area contributed by atoms with Crippen LogP contribution in [0, 0.1) is 0 Å². The summed E-state index contributed by atoms with van der Waals surface area (Å²) >= 11 is 5.30. The molecule has 2 amide bonds. The number of hydrogen-bond acceptors (Lipinski definition) is 5. The maximum atomic E-state index is 12.5. The third-order valence-electron chi connectivity index (χ3n) is 5.12. The van der Waals surface area contributed by atoms with E-state index >= 15 is 0 Å². The molecule has 1 fully saturated rings. The summed E-state index contributed by atoms with van der Waals surface area (Å²) < 4.78 is 5.64. The van der Waals surface area contributed by atoms with Crippen LogP contribution in [0.1, 0.15) is 37.6 Å². The Bertz CT molecular complexity index is 954. The third kappa shape index (κ3) is 6.43. The number of benzene rings is 2. The van der Waals surface area contributed by atoms with E-state index in [1.54, 1.807) is 18.2 Å². The number of nitrogens with one attached hydrogen (secondary N) is 2. The van der Waals surface area contributed by atoms with E-state index in [0.717, 1.165) is 37.6 Å². The minimum absolute atomic E-state index is 0.0294. The number of nitrogens with zero attached hydrogens (tertiary/aromatic N) is 2. The van der Waals surface area contributed by atoms with Gasteiger partial charge in [-0.3, -0.25) is 14.9 Å². The van der Waals surface area contributed by atoms with E-state index in [1.165, 1.54) is 0 Å². The van der Waals surface area contributed by atoms with Crippen LogP contribution < -0.4 is 20.3 Å². The van der Waals surface area contributed by atoms with E-state index in [2.05, 4.69) is 15.5 Å². The van der Waals surface area contributed by atoms with E-state index in [4.69, 9.17) is 17.0 Å². The van der Waals surface area contributed by atoms with Gasteiger partial charge in [0.05, 0.1) is 6.10 Å². The van der Waals surface area contributed by atoms with Crippen LogP contribution in [0.5, 0.6) is 5.75 Å². The predicted octanol–water partition coefficient (Wildman–Crippen LogP) is 3.66. The summed E-state index contributed by atoms with van der Waals surface area (Å²) in [6, 6.07) is 14.9. The third-order valence-corrected chi connectivity index (χ3v) is 5.32. The second kappa shape index (κ2) is 10.9. The van der Waals surface area contributed by atoms with Crippen LogP contribution in [-0.4, -0.2) is 54.1 Å². The van der Waals surface area contributed by atoms with Gasteiger partial charge in [0.15, 0.2) is 5.11 Å². The van der Waals surface area contributed by atoms with Gasteiger partial charge in [0.1, 0.15) is 5.75 Å². The molecule has 32 heavy (non-hydrogen) atoms. The second-order valence-electron chi connectivity index (χ2n) is 7.87. The smallest absolute Gasteiger partial charge is 0.257 e. The molecule has 0 aliphatic carbocycles. The first-order valence-electron chi connectivity index (χ1n) is 10.9. The lowest BCUT2D eigenvalue weighted by molar-refractivity contribution is -0.131. The minimum Gasteiger partial charge on any atom is -0.491 e. The van der Waals surface area contributed by atoms with E-state index in [9.17, 15) is 9.59 Å². The Hall–Kier alpha value is -3.13. The van der Waals surface area contributed by atoms with Crippen molar-refractivity contribution in [2.45, 2.75) is 33.3 Å². The normalized spacial score (nSPS) is 13.6. The first-order valence-corrected chi connectivity index (χ1v) is 11.3. The molecule has 0 spiro atoms. The molecule has 1 aliphatic heterocycles. The molecule has 8 heteroatoms. The van der Waals surface area contributed by atoms with Crippen LogP contribution in [0.25, 0.3) is 0 Å². The average molecular weight is 455 g/mol. The SMILES string of the molecule is CCC(=O)N1CCN(c2ccc(NC(=S)NC(=O)c3cccc(OC(C)C)c3)cc2)CC1. The van der Waals surface area contributed by atoms with Gasteiger partial charge in [-0.15, -0.1) is 0 Å². The molecule has 1 saturated heterocycles. The van der Waals surface area contributed by atoms with E-state index in [-0.39, 0.29) is 23.0 Å². The zero-order valence-electron chi connectivity index (χ0n) is 18.8. The fourth-order valence-corrected chi connectivity index (χ4v) is 3.72. The molecule has 2 aromatic rings. The van der Waals surface area contributed by atoms with Crippen LogP contribution in [-0.2, 0) is 4.79 Å². The van der Waals surface area contributed by atoms with Gasteiger partial charge in [0.2, 0.25) is 5.91 Å². The lowest BCUT2D eigenvalue weighted by atomic mass is 10.2. The Morgan fingerprint density at radius 2 is 1.75 bits per heavy atom. The maximum absolute atomic E-state index is 12.5. The zero-order chi connectivity index (χ0) is 23.1. The average Bonchev–Trinajstić information content (AvgIpc) is 2.79. The van der Waals surface area contributed by atoms with Crippen LogP contribution in [0.4, 0.5) is 11.4 Å². The van der Waals surface area contributed by atoms with E-state index in [0.29, 0.717) is 17.7 Å². The van der Waals surface area contributed by atoms with Crippen molar-refractivity contribution >= 4 is 40.5 Å². The van der Waals surface area contributed by atoms with Crippen LogP contribution in [0.15, 0.2) is 48.5 Å². The molecule has 0 unspecified atom stereocenters. The quantitative estimate of drug-likeness (QED) is 0.649. The highest BCUT2D eigenvalue weighted by molar-refractivity contribution is 7.80. The van der Waals surface area contributed by atoms with Gasteiger partial charge in [0, 0.05) is 49.5 Å². The molecular formula is C24H30N4O3S. The molecule has 1 heterocycles.